The number of ether oxygens (including phenoxy) is 1. The third-order valence-corrected chi connectivity index (χ3v) is 4.35. The molecule has 21 heavy (non-hydrogen) atoms. The second kappa shape index (κ2) is 4.00. The summed E-state index contributed by atoms with van der Waals surface area (Å²) in [5.74, 6) is 0.660. The van der Waals surface area contributed by atoms with Crippen LogP contribution in [0.1, 0.15) is 25.5 Å². The molecule has 0 bridgehead atoms. The van der Waals surface area contributed by atoms with Crippen LogP contribution in [0.5, 0.6) is 5.75 Å². The van der Waals surface area contributed by atoms with Crippen molar-refractivity contribution in [2.75, 3.05) is 0 Å². The highest BCUT2D eigenvalue weighted by Crippen LogP contribution is 2.45. The highest BCUT2D eigenvalue weighted by molar-refractivity contribution is 6.11. The first kappa shape index (κ1) is 12.7. The summed E-state index contributed by atoms with van der Waals surface area (Å²) in [5, 5.41) is 22.6. The van der Waals surface area contributed by atoms with Crippen molar-refractivity contribution in [3.05, 3.63) is 42.0 Å². The average Bonchev–Trinajstić information content (AvgIpc) is 2.83. The number of fused-ring (bicyclic) bond motifs is 5. The number of benzene rings is 2. The zero-order valence-electron chi connectivity index (χ0n) is 11.9. The topological polar surface area (TPSA) is 65.5 Å². The maximum atomic E-state index is 10.4. The van der Waals surface area contributed by atoms with Crippen molar-refractivity contribution < 1.29 is 14.9 Å². The molecule has 0 fully saturated rings. The molecule has 1 aliphatic heterocycles. The van der Waals surface area contributed by atoms with Crippen LogP contribution in [0.2, 0.25) is 0 Å². The van der Waals surface area contributed by atoms with Gasteiger partial charge in [-0.3, -0.25) is 0 Å². The van der Waals surface area contributed by atoms with E-state index in [1.54, 1.807) is 13.8 Å². The summed E-state index contributed by atoms with van der Waals surface area (Å²) in [4.78, 5) is 3.36. The minimum Gasteiger partial charge on any atom is -0.484 e. The first-order chi connectivity index (χ1) is 9.99. The molecule has 108 valence electrons. The fourth-order valence-corrected chi connectivity index (χ4v) is 3.14. The van der Waals surface area contributed by atoms with Gasteiger partial charge in [0.15, 0.2) is 0 Å². The van der Waals surface area contributed by atoms with Gasteiger partial charge in [-0.2, -0.15) is 0 Å². The molecule has 1 aliphatic rings. The Morgan fingerprint density at radius 3 is 2.62 bits per heavy atom. The maximum Gasteiger partial charge on any atom is 0.136 e. The Morgan fingerprint density at radius 1 is 1.05 bits per heavy atom. The Hall–Kier alpha value is -2.04. The first-order valence-corrected chi connectivity index (χ1v) is 7.07. The minimum absolute atomic E-state index is 0.638. The van der Waals surface area contributed by atoms with Crippen LogP contribution >= 0.6 is 0 Å². The normalized spacial score (nSPS) is 24.0. The van der Waals surface area contributed by atoms with Gasteiger partial charge >= 0.3 is 0 Å². The van der Waals surface area contributed by atoms with Crippen LogP contribution in [0.25, 0.3) is 21.8 Å². The summed E-state index contributed by atoms with van der Waals surface area (Å²) in [7, 11) is 0. The van der Waals surface area contributed by atoms with Gasteiger partial charge in [0.05, 0.1) is 5.52 Å². The lowest BCUT2D eigenvalue weighted by Crippen LogP contribution is -2.48. The van der Waals surface area contributed by atoms with Gasteiger partial charge in [-0.25, -0.2) is 0 Å². The average molecular weight is 283 g/mol. The monoisotopic (exact) mass is 283 g/mol. The Balaban J connectivity index is 2.11. The molecule has 0 amide bonds. The largest absolute Gasteiger partial charge is 0.484 e. The van der Waals surface area contributed by atoms with Crippen LogP contribution in [0.4, 0.5) is 0 Å². The summed E-state index contributed by atoms with van der Waals surface area (Å²) < 4.78 is 6.05. The Morgan fingerprint density at radius 2 is 1.81 bits per heavy atom. The van der Waals surface area contributed by atoms with E-state index in [2.05, 4.69) is 4.98 Å². The molecule has 0 radical (unpaired) electrons. The number of aromatic amines is 1. The zero-order chi connectivity index (χ0) is 14.8. The molecule has 4 rings (SSSR count). The molecule has 0 aliphatic carbocycles. The molecule has 2 atom stereocenters. The highest BCUT2D eigenvalue weighted by Gasteiger charge is 2.43. The summed E-state index contributed by atoms with van der Waals surface area (Å²) in [6.07, 6.45) is -1.89. The molecule has 4 nitrogen and oxygen atoms in total. The summed E-state index contributed by atoms with van der Waals surface area (Å²) in [6.45, 7) is 3.58. The van der Waals surface area contributed by atoms with Gasteiger partial charge in [-0.05, 0) is 26.0 Å². The second-order valence-corrected chi connectivity index (χ2v) is 6.17. The molecule has 0 unspecified atom stereocenters. The number of nitrogens with one attached hydrogen (secondary N) is 1. The summed E-state index contributed by atoms with van der Waals surface area (Å²) in [6, 6.07) is 11.7. The minimum atomic E-state index is -0.951. The molecule has 0 saturated carbocycles. The van der Waals surface area contributed by atoms with Gasteiger partial charge in [0.25, 0.3) is 0 Å². The molecular weight excluding hydrogens is 266 g/mol. The van der Waals surface area contributed by atoms with Crippen molar-refractivity contribution >= 4 is 21.8 Å². The predicted octanol–water partition coefficient (Wildman–Crippen LogP) is 2.89. The van der Waals surface area contributed by atoms with Crippen LogP contribution < -0.4 is 4.74 Å². The highest BCUT2D eigenvalue weighted by atomic mass is 16.5. The lowest BCUT2D eigenvalue weighted by Gasteiger charge is -2.40. The van der Waals surface area contributed by atoms with E-state index in [4.69, 9.17) is 4.74 Å². The van der Waals surface area contributed by atoms with Gasteiger partial charge in [-0.1, -0.05) is 24.3 Å². The fourth-order valence-electron chi connectivity index (χ4n) is 3.14. The SMILES string of the molecule is CC1(C)Oc2c(ccc3[nH]c4ccccc4c23)[C@H](O)[C@H]1O. The van der Waals surface area contributed by atoms with Crippen LogP contribution in [0.3, 0.4) is 0 Å². The van der Waals surface area contributed by atoms with E-state index in [1.165, 1.54) is 0 Å². The van der Waals surface area contributed by atoms with Crippen molar-refractivity contribution in [2.45, 2.75) is 31.7 Å². The van der Waals surface area contributed by atoms with E-state index < -0.39 is 17.8 Å². The Bertz CT molecular complexity index is 850. The molecule has 2 aromatic carbocycles. The number of hydrogen-bond acceptors (Lipinski definition) is 3. The number of H-pyrrole nitrogens is 1. The number of hydrogen-bond donors (Lipinski definition) is 3. The molecule has 1 aromatic heterocycles. The third kappa shape index (κ3) is 1.63. The van der Waals surface area contributed by atoms with Crippen molar-refractivity contribution in [1.82, 2.24) is 4.98 Å². The first-order valence-electron chi connectivity index (χ1n) is 7.07. The Kier molecular flexibility index (Phi) is 2.41. The number of rotatable bonds is 0. The summed E-state index contributed by atoms with van der Waals surface area (Å²) >= 11 is 0. The van der Waals surface area contributed by atoms with Crippen LogP contribution in [0, 0.1) is 0 Å². The molecule has 3 aromatic rings. The van der Waals surface area contributed by atoms with E-state index in [0.717, 1.165) is 21.8 Å². The fraction of sp³-hybridized carbons (Fsp3) is 0.294. The Labute approximate surface area is 122 Å². The van der Waals surface area contributed by atoms with Gasteiger partial charge < -0.3 is 19.9 Å². The molecule has 2 heterocycles. The van der Waals surface area contributed by atoms with Crippen molar-refractivity contribution in [3.8, 4) is 5.75 Å². The number of aromatic nitrogens is 1. The molecular formula is C17H17NO3. The van der Waals surface area contributed by atoms with Crippen LogP contribution in [-0.4, -0.2) is 26.9 Å². The van der Waals surface area contributed by atoms with E-state index in [1.807, 2.05) is 36.4 Å². The maximum absolute atomic E-state index is 10.4. The number of aliphatic hydroxyl groups is 2. The lowest BCUT2D eigenvalue weighted by atomic mass is 9.87. The van der Waals surface area contributed by atoms with E-state index in [-0.39, 0.29) is 0 Å². The quantitative estimate of drug-likeness (QED) is 0.594. The smallest absolute Gasteiger partial charge is 0.136 e. The molecule has 0 saturated heterocycles. The zero-order valence-corrected chi connectivity index (χ0v) is 11.9. The van der Waals surface area contributed by atoms with Gasteiger partial charge in [-0.15, -0.1) is 0 Å². The molecule has 0 spiro atoms. The van der Waals surface area contributed by atoms with Crippen molar-refractivity contribution in [3.63, 3.8) is 0 Å². The number of aliphatic hydroxyl groups excluding tert-OH is 2. The van der Waals surface area contributed by atoms with E-state index in [9.17, 15) is 10.2 Å². The van der Waals surface area contributed by atoms with Crippen molar-refractivity contribution in [2.24, 2.45) is 0 Å². The standard InChI is InChI=1S/C17H17NO3/c1-17(2)16(20)14(19)10-7-8-12-13(15(10)21-17)9-5-3-4-6-11(9)18-12/h3-8,14,16,18-20H,1-2H3/t14-,16+/m0/s1. The van der Waals surface area contributed by atoms with E-state index in [0.29, 0.717) is 11.3 Å². The van der Waals surface area contributed by atoms with Gasteiger partial charge in [0.2, 0.25) is 0 Å². The molecule has 3 N–H and O–H groups in total. The van der Waals surface area contributed by atoms with Gasteiger partial charge in [0.1, 0.15) is 23.6 Å². The second-order valence-electron chi connectivity index (χ2n) is 6.17. The van der Waals surface area contributed by atoms with E-state index >= 15 is 0 Å². The van der Waals surface area contributed by atoms with Gasteiger partial charge in [0, 0.05) is 21.9 Å². The van der Waals surface area contributed by atoms with Crippen molar-refractivity contribution in [1.29, 1.82) is 0 Å². The molecule has 4 heteroatoms. The predicted molar refractivity (Wildman–Crippen MR) is 81.5 cm³/mol. The number of para-hydroxylation sites is 1. The lowest BCUT2D eigenvalue weighted by molar-refractivity contribution is -0.110. The third-order valence-electron chi connectivity index (χ3n) is 4.35. The van der Waals surface area contributed by atoms with Crippen LogP contribution in [0.15, 0.2) is 36.4 Å². The summed E-state index contributed by atoms with van der Waals surface area (Å²) in [5.41, 5.74) is 1.80. The van der Waals surface area contributed by atoms with Crippen LogP contribution in [-0.2, 0) is 0 Å².